The third-order valence-corrected chi connectivity index (χ3v) is 2.79. The molecule has 1 aromatic carbocycles. The van der Waals surface area contributed by atoms with Gasteiger partial charge in [0.05, 0.1) is 6.42 Å². The van der Waals surface area contributed by atoms with Crippen LogP contribution in [0.2, 0.25) is 0 Å². The first-order valence-corrected chi connectivity index (χ1v) is 6.80. The minimum atomic E-state index is -0.436. The molecule has 5 heteroatoms. The molecule has 0 bridgehead atoms. The van der Waals surface area contributed by atoms with Gasteiger partial charge in [-0.1, -0.05) is 25.5 Å². The van der Waals surface area contributed by atoms with E-state index in [1.54, 1.807) is 24.3 Å². The molecule has 1 aromatic rings. The Bertz CT molecular complexity index is 460. The average Bonchev–Trinajstić information content (AvgIpc) is 2.36. The lowest BCUT2D eigenvalue weighted by Gasteiger charge is -2.12. The van der Waals surface area contributed by atoms with Crippen LogP contribution in [0.25, 0.3) is 0 Å². The summed E-state index contributed by atoms with van der Waals surface area (Å²) in [5, 5.41) is 2.77. The van der Waals surface area contributed by atoms with E-state index in [2.05, 4.69) is 5.32 Å². The molecule has 0 heterocycles. The fourth-order valence-corrected chi connectivity index (χ4v) is 1.89. The Morgan fingerprint density at radius 3 is 2.80 bits per heavy atom. The minimum Gasteiger partial charge on any atom is -0.455 e. The molecule has 0 spiro atoms. The summed E-state index contributed by atoms with van der Waals surface area (Å²) < 4.78 is 4.93. The lowest BCUT2D eigenvalue weighted by atomic mass is 10.1. The van der Waals surface area contributed by atoms with Crippen molar-refractivity contribution >= 4 is 17.6 Å². The Kier molecular flexibility index (Phi) is 6.56. The highest BCUT2D eigenvalue weighted by Gasteiger charge is 2.10. The lowest BCUT2D eigenvalue weighted by Crippen LogP contribution is -2.35. The monoisotopic (exact) mass is 278 g/mol. The van der Waals surface area contributed by atoms with Gasteiger partial charge in [-0.3, -0.25) is 9.59 Å². The molecule has 3 N–H and O–H groups in total. The van der Waals surface area contributed by atoms with Gasteiger partial charge in [0, 0.05) is 11.7 Å². The maximum Gasteiger partial charge on any atom is 0.310 e. The molecule has 5 nitrogen and oxygen atoms in total. The van der Waals surface area contributed by atoms with E-state index >= 15 is 0 Å². The number of hydrogen-bond acceptors (Lipinski definition) is 4. The number of amides is 1. The highest BCUT2D eigenvalue weighted by Crippen LogP contribution is 2.07. The number of esters is 1. The molecule has 1 atom stereocenters. The zero-order chi connectivity index (χ0) is 15.0. The highest BCUT2D eigenvalue weighted by molar-refractivity contribution is 5.81. The van der Waals surface area contributed by atoms with Gasteiger partial charge < -0.3 is 15.8 Å². The van der Waals surface area contributed by atoms with Gasteiger partial charge >= 0.3 is 5.97 Å². The number of nitrogens with one attached hydrogen (secondary N) is 1. The lowest BCUT2D eigenvalue weighted by molar-refractivity contribution is -0.148. The molecule has 1 unspecified atom stereocenters. The first-order valence-electron chi connectivity index (χ1n) is 6.80. The fraction of sp³-hybridized carbons (Fsp3) is 0.467. The van der Waals surface area contributed by atoms with Crippen LogP contribution in [0.15, 0.2) is 24.3 Å². The maximum atomic E-state index is 11.6. The zero-order valence-corrected chi connectivity index (χ0v) is 12.0. The van der Waals surface area contributed by atoms with E-state index in [1.165, 1.54) is 0 Å². The van der Waals surface area contributed by atoms with Crippen LogP contribution in [-0.2, 0) is 20.7 Å². The quantitative estimate of drug-likeness (QED) is 0.587. The predicted octanol–water partition coefficient (Wildman–Crippen LogP) is 1.66. The number of nitrogens with two attached hydrogens (primary N) is 1. The summed E-state index contributed by atoms with van der Waals surface area (Å²) in [7, 11) is 0. The normalized spacial score (nSPS) is 11.7. The van der Waals surface area contributed by atoms with Gasteiger partial charge in [0.2, 0.25) is 0 Å². The number of nitrogen functional groups attached to an aromatic ring is 1. The zero-order valence-electron chi connectivity index (χ0n) is 12.0. The summed E-state index contributed by atoms with van der Waals surface area (Å²) in [5.74, 6) is -0.708. The molecule has 1 amide bonds. The van der Waals surface area contributed by atoms with Gasteiger partial charge in [-0.05, 0) is 31.0 Å². The van der Waals surface area contributed by atoms with Crippen LogP contribution in [0.3, 0.4) is 0 Å². The second-order valence-electron chi connectivity index (χ2n) is 4.84. The standard InChI is InChI=1S/C15H22N2O3/c1-3-5-11(2)17-14(18)10-20-15(19)9-12-6-4-7-13(16)8-12/h4,6-8,11H,3,5,9-10,16H2,1-2H3,(H,17,18). The first-order chi connectivity index (χ1) is 9.51. The van der Waals surface area contributed by atoms with E-state index in [4.69, 9.17) is 10.5 Å². The third-order valence-electron chi connectivity index (χ3n) is 2.79. The Balaban J connectivity index is 2.31. The van der Waals surface area contributed by atoms with Gasteiger partial charge in [0.25, 0.3) is 5.91 Å². The summed E-state index contributed by atoms with van der Waals surface area (Å²) in [6, 6.07) is 7.13. The van der Waals surface area contributed by atoms with E-state index in [9.17, 15) is 9.59 Å². The van der Waals surface area contributed by atoms with Gasteiger partial charge in [0.15, 0.2) is 6.61 Å². The number of ether oxygens (including phenoxy) is 1. The summed E-state index contributed by atoms with van der Waals surface area (Å²) in [6.45, 7) is 3.74. The van der Waals surface area contributed by atoms with E-state index < -0.39 is 5.97 Å². The topological polar surface area (TPSA) is 81.4 Å². The molecule has 110 valence electrons. The van der Waals surface area contributed by atoms with Crippen LogP contribution < -0.4 is 11.1 Å². The molecule has 0 fully saturated rings. The van der Waals surface area contributed by atoms with E-state index in [0.29, 0.717) is 5.69 Å². The molecule has 0 saturated heterocycles. The number of carbonyl (C=O) groups is 2. The van der Waals surface area contributed by atoms with Crippen molar-refractivity contribution in [2.45, 2.75) is 39.2 Å². The number of carbonyl (C=O) groups excluding carboxylic acids is 2. The highest BCUT2D eigenvalue weighted by atomic mass is 16.5. The molecular weight excluding hydrogens is 256 g/mol. The van der Waals surface area contributed by atoms with Gasteiger partial charge in [-0.25, -0.2) is 0 Å². The molecular formula is C15H22N2O3. The van der Waals surface area contributed by atoms with Crippen LogP contribution in [0, 0.1) is 0 Å². The molecule has 0 saturated carbocycles. The molecule has 20 heavy (non-hydrogen) atoms. The van der Waals surface area contributed by atoms with Crippen molar-refractivity contribution in [2.24, 2.45) is 0 Å². The third kappa shape index (κ3) is 6.22. The van der Waals surface area contributed by atoms with Crippen molar-refractivity contribution in [1.29, 1.82) is 0 Å². The smallest absolute Gasteiger partial charge is 0.310 e. The number of rotatable bonds is 7. The average molecular weight is 278 g/mol. The second kappa shape index (κ2) is 8.19. The molecule has 0 aliphatic rings. The van der Waals surface area contributed by atoms with Crippen LogP contribution in [0.5, 0.6) is 0 Å². The van der Waals surface area contributed by atoms with Gasteiger partial charge in [-0.2, -0.15) is 0 Å². The predicted molar refractivity (Wildman–Crippen MR) is 78.0 cm³/mol. The molecule has 1 rings (SSSR count). The van der Waals surface area contributed by atoms with Crippen molar-refractivity contribution in [2.75, 3.05) is 12.3 Å². The van der Waals surface area contributed by atoms with Crippen LogP contribution >= 0.6 is 0 Å². The second-order valence-corrected chi connectivity index (χ2v) is 4.84. The summed E-state index contributed by atoms with van der Waals surface area (Å²) in [4.78, 5) is 23.1. The van der Waals surface area contributed by atoms with Crippen molar-refractivity contribution in [3.05, 3.63) is 29.8 Å². The SMILES string of the molecule is CCCC(C)NC(=O)COC(=O)Cc1cccc(N)c1. The fourth-order valence-electron chi connectivity index (χ4n) is 1.89. The number of anilines is 1. The van der Waals surface area contributed by atoms with Crippen molar-refractivity contribution in [3.63, 3.8) is 0 Å². The van der Waals surface area contributed by atoms with Crippen LogP contribution in [0.4, 0.5) is 5.69 Å². The maximum absolute atomic E-state index is 11.6. The summed E-state index contributed by atoms with van der Waals surface area (Å²) in [6.07, 6.45) is 2.02. The van der Waals surface area contributed by atoms with Crippen molar-refractivity contribution in [3.8, 4) is 0 Å². The minimum absolute atomic E-state index is 0.0973. The molecule has 0 aliphatic carbocycles. The van der Waals surface area contributed by atoms with E-state index in [0.717, 1.165) is 18.4 Å². The molecule has 0 radical (unpaired) electrons. The Labute approximate surface area is 119 Å². The van der Waals surface area contributed by atoms with Crippen LogP contribution in [-0.4, -0.2) is 24.5 Å². The van der Waals surface area contributed by atoms with Crippen molar-refractivity contribution < 1.29 is 14.3 Å². The Hall–Kier alpha value is -2.04. The van der Waals surface area contributed by atoms with E-state index in [1.807, 2.05) is 13.8 Å². The number of hydrogen-bond donors (Lipinski definition) is 2. The van der Waals surface area contributed by atoms with Gasteiger partial charge in [-0.15, -0.1) is 0 Å². The largest absolute Gasteiger partial charge is 0.455 e. The summed E-state index contributed by atoms with van der Waals surface area (Å²) >= 11 is 0. The van der Waals surface area contributed by atoms with E-state index in [-0.39, 0.29) is 25.0 Å². The van der Waals surface area contributed by atoms with Gasteiger partial charge in [0.1, 0.15) is 0 Å². The molecule has 0 aromatic heterocycles. The Morgan fingerprint density at radius 1 is 1.40 bits per heavy atom. The summed E-state index contributed by atoms with van der Waals surface area (Å²) in [5.41, 5.74) is 7.00. The number of benzene rings is 1. The Morgan fingerprint density at radius 2 is 2.15 bits per heavy atom. The van der Waals surface area contributed by atoms with Crippen molar-refractivity contribution in [1.82, 2.24) is 5.32 Å². The van der Waals surface area contributed by atoms with Crippen LogP contribution in [0.1, 0.15) is 32.3 Å². The molecule has 0 aliphatic heterocycles. The first kappa shape index (κ1) is 16.0.